The molecule has 0 radical (unpaired) electrons. The summed E-state index contributed by atoms with van der Waals surface area (Å²) in [6, 6.07) is 4.59. The molecule has 96 valence electrons. The number of ether oxygens (including phenoxy) is 2. The van der Waals surface area contributed by atoms with Crippen molar-refractivity contribution in [3.8, 4) is 5.75 Å². The number of hydrogen-bond donors (Lipinski definition) is 1. The number of amides is 1. The molecule has 0 spiro atoms. The SMILES string of the molecule is COC(=O)[C@H](C)NC(=O)c1ccc2c(c1)CCO2. The summed E-state index contributed by atoms with van der Waals surface area (Å²) >= 11 is 0. The van der Waals surface area contributed by atoms with Crippen LogP contribution in [0, 0.1) is 0 Å². The van der Waals surface area contributed by atoms with Gasteiger partial charge in [-0.15, -0.1) is 0 Å². The lowest BCUT2D eigenvalue weighted by molar-refractivity contribution is -0.142. The quantitative estimate of drug-likeness (QED) is 0.809. The lowest BCUT2D eigenvalue weighted by Gasteiger charge is -2.11. The molecule has 0 aliphatic carbocycles. The van der Waals surface area contributed by atoms with E-state index in [2.05, 4.69) is 10.1 Å². The molecule has 0 fully saturated rings. The standard InChI is InChI=1S/C13H15NO4/c1-8(13(16)17-2)14-12(15)10-3-4-11-9(7-10)5-6-18-11/h3-4,7-8H,5-6H2,1-2H3,(H,14,15)/t8-/m0/s1. The van der Waals surface area contributed by atoms with E-state index in [0.29, 0.717) is 12.2 Å². The van der Waals surface area contributed by atoms with Crippen LogP contribution >= 0.6 is 0 Å². The number of esters is 1. The maximum atomic E-state index is 11.9. The van der Waals surface area contributed by atoms with Gasteiger partial charge in [0, 0.05) is 12.0 Å². The van der Waals surface area contributed by atoms with Crippen molar-refractivity contribution in [1.82, 2.24) is 5.32 Å². The minimum Gasteiger partial charge on any atom is -0.493 e. The summed E-state index contributed by atoms with van der Waals surface area (Å²) in [7, 11) is 1.29. The number of hydrogen-bond acceptors (Lipinski definition) is 4. The summed E-state index contributed by atoms with van der Waals surface area (Å²) in [5.74, 6) is 0.0722. The number of nitrogens with one attached hydrogen (secondary N) is 1. The van der Waals surface area contributed by atoms with E-state index >= 15 is 0 Å². The molecule has 1 heterocycles. The van der Waals surface area contributed by atoms with Crippen LogP contribution in [0.5, 0.6) is 5.75 Å². The number of fused-ring (bicyclic) bond motifs is 1. The summed E-state index contributed by atoms with van der Waals surface area (Å²) in [5, 5.41) is 2.58. The smallest absolute Gasteiger partial charge is 0.328 e. The molecule has 0 aromatic heterocycles. The molecule has 1 atom stereocenters. The molecule has 2 rings (SSSR count). The van der Waals surface area contributed by atoms with Gasteiger partial charge in [0.15, 0.2) is 0 Å². The monoisotopic (exact) mass is 249 g/mol. The Morgan fingerprint density at radius 3 is 2.94 bits per heavy atom. The van der Waals surface area contributed by atoms with Gasteiger partial charge in [0.25, 0.3) is 5.91 Å². The van der Waals surface area contributed by atoms with Crippen LogP contribution in [-0.4, -0.2) is 31.6 Å². The number of carbonyl (C=O) groups excluding carboxylic acids is 2. The maximum absolute atomic E-state index is 11.9. The number of carbonyl (C=O) groups is 2. The van der Waals surface area contributed by atoms with Crippen molar-refractivity contribution in [1.29, 1.82) is 0 Å². The summed E-state index contributed by atoms with van der Waals surface area (Å²) in [4.78, 5) is 23.1. The van der Waals surface area contributed by atoms with Crippen molar-refractivity contribution in [2.24, 2.45) is 0 Å². The van der Waals surface area contributed by atoms with Crippen molar-refractivity contribution in [2.75, 3.05) is 13.7 Å². The van der Waals surface area contributed by atoms with E-state index in [1.54, 1.807) is 25.1 Å². The Morgan fingerprint density at radius 2 is 2.22 bits per heavy atom. The number of benzene rings is 1. The minimum atomic E-state index is -0.660. The first-order valence-electron chi connectivity index (χ1n) is 5.76. The zero-order valence-electron chi connectivity index (χ0n) is 10.4. The van der Waals surface area contributed by atoms with Crippen LogP contribution in [0.3, 0.4) is 0 Å². The lowest BCUT2D eigenvalue weighted by Crippen LogP contribution is -2.39. The van der Waals surface area contributed by atoms with Crippen LogP contribution in [0.2, 0.25) is 0 Å². The molecule has 5 heteroatoms. The van der Waals surface area contributed by atoms with E-state index in [-0.39, 0.29) is 5.91 Å². The van der Waals surface area contributed by atoms with Crippen LogP contribution < -0.4 is 10.1 Å². The lowest BCUT2D eigenvalue weighted by atomic mass is 10.1. The minimum absolute atomic E-state index is 0.289. The fraction of sp³-hybridized carbons (Fsp3) is 0.385. The molecular weight excluding hydrogens is 234 g/mol. The van der Waals surface area contributed by atoms with Crippen molar-refractivity contribution < 1.29 is 19.1 Å². The van der Waals surface area contributed by atoms with Crippen LogP contribution in [0.25, 0.3) is 0 Å². The molecule has 1 aromatic carbocycles. The predicted molar refractivity (Wildman–Crippen MR) is 64.6 cm³/mol. The second-order valence-electron chi connectivity index (χ2n) is 4.14. The largest absolute Gasteiger partial charge is 0.493 e. The Bertz CT molecular complexity index is 484. The second kappa shape index (κ2) is 5.08. The Hall–Kier alpha value is -2.04. The van der Waals surface area contributed by atoms with E-state index in [0.717, 1.165) is 17.7 Å². The molecular formula is C13H15NO4. The molecule has 0 saturated carbocycles. The molecule has 1 amide bonds. The third-order valence-electron chi connectivity index (χ3n) is 2.85. The summed E-state index contributed by atoms with van der Waals surface area (Å²) in [6.07, 6.45) is 0.809. The number of methoxy groups -OCH3 is 1. The highest BCUT2D eigenvalue weighted by atomic mass is 16.5. The first-order valence-corrected chi connectivity index (χ1v) is 5.76. The van der Waals surface area contributed by atoms with Crippen molar-refractivity contribution in [3.05, 3.63) is 29.3 Å². The van der Waals surface area contributed by atoms with Gasteiger partial charge in [-0.1, -0.05) is 0 Å². The van der Waals surface area contributed by atoms with E-state index in [1.807, 2.05) is 0 Å². The average molecular weight is 249 g/mol. The van der Waals surface area contributed by atoms with Gasteiger partial charge in [0.2, 0.25) is 0 Å². The van der Waals surface area contributed by atoms with Crippen LogP contribution in [-0.2, 0) is 16.0 Å². The third kappa shape index (κ3) is 2.45. The Kier molecular flexibility index (Phi) is 3.50. The Balaban J connectivity index is 2.07. The highest BCUT2D eigenvalue weighted by molar-refractivity contribution is 5.97. The fourth-order valence-electron chi connectivity index (χ4n) is 1.84. The molecule has 1 aromatic rings. The first-order chi connectivity index (χ1) is 8.61. The zero-order valence-corrected chi connectivity index (χ0v) is 10.4. The van der Waals surface area contributed by atoms with E-state index < -0.39 is 12.0 Å². The zero-order chi connectivity index (χ0) is 13.1. The van der Waals surface area contributed by atoms with Gasteiger partial charge in [0.05, 0.1) is 13.7 Å². The van der Waals surface area contributed by atoms with E-state index in [4.69, 9.17) is 4.74 Å². The van der Waals surface area contributed by atoms with Gasteiger partial charge < -0.3 is 14.8 Å². The van der Waals surface area contributed by atoms with Crippen molar-refractivity contribution in [3.63, 3.8) is 0 Å². The van der Waals surface area contributed by atoms with Crippen LogP contribution in [0.1, 0.15) is 22.8 Å². The van der Waals surface area contributed by atoms with Crippen LogP contribution in [0.4, 0.5) is 0 Å². The Morgan fingerprint density at radius 1 is 1.44 bits per heavy atom. The van der Waals surface area contributed by atoms with E-state index in [9.17, 15) is 9.59 Å². The number of rotatable bonds is 3. The van der Waals surface area contributed by atoms with Crippen molar-refractivity contribution in [2.45, 2.75) is 19.4 Å². The van der Waals surface area contributed by atoms with Crippen LogP contribution in [0.15, 0.2) is 18.2 Å². The normalized spacial score (nSPS) is 14.3. The topological polar surface area (TPSA) is 64.6 Å². The van der Waals surface area contributed by atoms with Gasteiger partial charge in [-0.3, -0.25) is 4.79 Å². The summed E-state index contributed by atoms with van der Waals surface area (Å²) in [6.45, 7) is 2.24. The van der Waals surface area contributed by atoms with E-state index in [1.165, 1.54) is 7.11 Å². The molecule has 1 aliphatic heterocycles. The molecule has 0 unspecified atom stereocenters. The highest BCUT2D eigenvalue weighted by Crippen LogP contribution is 2.25. The van der Waals surface area contributed by atoms with Gasteiger partial charge in [-0.25, -0.2) is 4.79 Å². The molecule has 5 nitrogen and oxygen atoms in total. The molecule has 0 bridgehead atoms. The fourth-order valence-corrected chi connectivity index (χ4v) is 1.84. The summed E-state index contributed by atoms with van der Waals surface area (Å²) < 4.78 is 9.91. The van der Waals surface area contributed by atoms with Gasteiger partial charge >= 0.3 is 5.97 Å². The second-order valence-corrected chi connectivity index (χ2v) is 4.14. The molecule has 18 heavy (non-hydrogen) atoms. The average Bonchev–Trinajstić information content (AvgIpc) is 2.84. The van der Waals surface area contributed by atoms with Gasteiger partial charge in [-0.2, -0.15) is 0 Å². The summed E-state index contributed by atoms with van der Waals surface area (Å²) in [5.41, 5.74) is 1.54. The Labute approximate surface area is 105 Å². The van der Waals surface area contributed by atoms with Gasteiger partial charge in [0.1, 0.15) is 11.8 Å². The molecule has 1 N–H and O–H groups in total. The maximum Gasteiger partial charge on any atom is 0.328 e. The molecule has 1 aliphatic rings. The highest BCUT2D eigenvalue weighted by Gasteiger charge is 2.19. The van der Waals surface area contributed by atoms with Gasteiger partial charge in [-0.05, 0) is 30.7 Å². The van der Waals surface area contributed by atoms with Crippen molar-refractivity contribution >= 4 is 11.9 Å². The third-order valence-corrected chi connectivity index (χ3v) is 2.85. The predicted octanol–water partition coefficient (Wildman–Crippen LogP) is 0.913. The first kappa shape index (κ1) is 12.4. The molecule has 0 saturated heterocycles.